The lowest BCUT2D eigenvalue weighted by Crippen LogP contribution is -2.36. The van der Waals surface area contributed by atoms with E-state index in [2.05, 4.69) is 0 Å². The first-order valence-corrected chi connectivity index (χ1v) is 6.82. The number of hydrogen-bond acceptors (Lipinski definition) is 3. The molecule has 0 spiro atoms. The van der Waals surface area contributed by atoms with E-state index in [1.54, 1.807) is 6.92 Å². The third-order valence-corrected chi connectivity index (χ3v) is 4.01. The fourth-order valence-corrected chi connectivity index (χ4v) is 2.78. The molecule has 0 aromatic heterocycles. The molecule has 1 aromatic rings. The van der Waals surface area contributed by atoms with Crippen LogP contribution in [0.4, 0.5) is 8.78 Å². The van der Waals surface area contributed by atoms with E-state index in [1.165, 1.54) is 18.2 Å². The summed E-state index contributed by atoms with van der Waals surface area (Å²) in [6, 6.07) is 4.23. The number of aryl methyl sites for hydroxylation is 1. The van der Waals surface area contributed by atoms with Crippen LogP contribution in [0.3, 0.4) is 0 Å². The molecule has 0 amide bonds. The molecular weight excluding hydrogens is 288 g/mol. The predicted molar refractivity (Wildman–Crippen MR) is 63.4 cm³/mol. The molecule has 1 rings (SSSR count). The van der Waals surface area contributed by atoms with Gasteiger partial charge in [-0.2, -0.15) is 0 Å². The summed E-state index contributed by atoms with van der Waals surface area (Å²) in [5.41, 5.74) is 0.429. The Kier molecular flexibility index (Phi) is 5.03. The van der Waals surface area contributed by atoms with Gasteiger partial charge in [-0.1, -0.05) is 17.7 Å². The lowest BCUT2D eigenvalue weighted by atomic mass is 10.2. The van der Waals surface area contributed by atoms with Gasteiger partial charge in [-0.3, -0.25) is 0 Å². The van der Waals surface area contributed by atoms with Gasteiger partial charge in [0, 0.05) is 11.6 Å². The number of alkyl halides is 2. The highest BCUT2D eigenvalue weighted by molar-refractivity contribution is 7.89. The Morgan fingerprint density at radius 3 is 2.61 bits per heavy atom. The highest BCUT2D eigenvalue weighted by atomic mass is 35.5. The van der Waals surface area contributed by atoms with E-state index in [9.17, 15) is 17.2 Å². The molecule has 1 unspecified atom stereocenters. The molecule has 0 saturated carbocycles. The fraction of sp³-hybridized carbons (Fsp3) is 0.400. The van der Waals surface area contributed by atoms with Crippen LogP contribution in [0.1, 0.15) is 5.56 Å². The largest absolute Gasteiger partial charge is 0.386 e. The molecule has 0 saturated heterocycles. The first kappa shape index (κ1) is 15.3. The van der Waals surface area contributed by atoms with E-state index in [0.717, 1.165) is 0 Å². The number of aliphatic hydroxyl groups is 1. The van der Waals surface area contributed by atoms with Gasteiger partial charge >= 0.3 is 0 Å². The van der Waals surface area contributed by atoms with Crippen molar-refractivity contribution in [3.8, 4) is 0 Å². The van der Waals surface area contributed by atoms with Gasteiger partial charge in [-0.25, -0.2) is 21.9 Å². The number of aliphatic hydroxyl groups excluding tert-OH is 1. The smallest absolute Gasteiger partial charge is 0.265 e. The van der Waals surface area contributed by atoms with Crippen LogP contribution in [-0.4, -0.2) is 32.6 Å². The van der Waals surface area contributed by atoms with Crippen LogP contribution in [0.2, 0.25) is 5.02 Å². The molecule has 0 aliphatic carbocycles. The lowest BCUT2D eigenvalue weighted by Gasteiger charge is -2.12. The average Bonchev–Trinajstić information content (AvgIpc) is 2.29. The minimum atomic E-state index is -3.97. The van der Waals surface area contributed by atoms with Crippen molar-refractivity contribution in [3.05, 3.63) is 28.8 Å². The topological polar surface area (TPSA) is 66.4 Å². The van der Waals surface area contributed by atoms with Gasteiger partial charge in [0.05, 0.1) is 4.90 Å². The Bertz CT molecular complexity index is 522. The third kappa shape index (κ3) is 3.88. The van der Waals surface area contributed by atoms with Crippen molar-refractivity contribution in [2.45, 2.75) is 24.3 Å². The molecule has 1 aromatic carbocycles. The van der Waals surface area contributed by atoms with Crippen molar-refractivity contribution in [1.82, 2.24) is 4.72 Å². The van der Waals surface area contributed by atoms with Crippen LogP contribution in [0.25, 0.3) is 0 Å². The standard InChI is InChI=1S/C10H12ClF2NO3S/c1-6-2-3-7(11)4-9(6)18(16,17)14-5-8(15)10(12)13/h2-4,8,10,14-15H,5H2,1H3. The summed E-state index contributed by atoms with van der Waals surface area (Å²) < 4.78 is 49.6. The Morgan fingerprint density at radius 1 is 1.44 bits per heavy atom. The first-order valence-electron chi connectivity index (χ1n) is 4.96. The molecule has 8 heteroatoms. The van der Waals surface area contributed by atoms with Crippen LogP contribution < -0.4 is 4.72 Å². The van der Waals surface area contributed by atoms with Gasteiger partial charge in [0.1, 0.15) is 6.10 Å². The average molecular weight is 300 g/mol. The van der Waals surface area contributed by atoms with Gasteiger partial charge in [0.2, 0.25) is 10.0 Å². The zero-order valence-corrected chi connectivity index (χ0v) is 11.0. The van der Waals surface area contributed by atoms with Crippen LogP contribution in [-0.2, 0) is 10.0 Å². The van der Waals surface area contributed by atoms with Crippen LogP contribution in [0.5, 0.6) is 0 Å². The van der Waals surface area contributed by atoms with E-state index in [1.807, 2.05) is 4.72 Å². The van der Waals surface area contributed by atoms with Gasteiger partial charge in [0.15, 0.2) is 0 Å². The quantitative estimate of drug-likeness (QED) is 0.867. The van der Waals surface area contributed by atoms with Crippen LogP contribution in [0.15, 0.2) is 23.1 Å². The van der Waals surface area contributed by atoms with Crippen molar-refractivity contribution in [2.24, 2.45) is 0 Å². The Balaban J connectivity index is 2.90. The minimum absolute atomic E-state index is 0.100. The van der Waals surface area contributed by atoms with Crippen molar-refractivity contribution in [1.29, 1.82) is 0 Å². The van der Waals surface area contributed by atoms with E-state index in [4.69, 9.17) is 16.7 Å². The number of benzene rings is 1. The molecule has 102 valence electrons. The third-order valence-electron chi connectivity index (χ3n) is 2.21. The lowest BCUT2D eigenvalue weighted by molar-refractivity contribution is -0.000452. The van der Waals surface area contributed by atoms with Crippen molar-refractivity contribution >= 4 is 21.6 Å². The number of nitrogens with one attached hydrogen (secondary N) is 1. The summed E-state index contributed by atoms with van der Waals surface area (Å²) in [7, 11) is -3.97. The van der Waals surface area contributed by atoms with E-state index in [0.29, 0.717) is 5.56 Å². The normalized spacial score (nSPS) is 13.9. The molecule has 0 radical (unpaired) electrons. The zero-order chi connectivity index (χ0) is 13.9. The maximum atomic E-state index is 12.0. The zero-order valence-electron chi connectivity index (χ0n) is 9.40. The summed E-state index contributed by atoms with van der Waals surface area (Å²) in [6.45, 7) is 0.792. The van der Waals surface area contributed by atoms with Gasteiger partial charge in [-0.15, -0.1) is 0 Å². The highest BCUT2D eigenvalue weighted by Crippen LogP contribution is 2.20. The second-order valence-corrected chi connectivity index (χ2v) is 5.84. The molecule has 2 N–H and O–H groups in total. The Labute approximate surface area is 109 Å². The van der Waals surface area contributed by atoms with Crippen LogP contribution in [0, 0.1) is 6.92 Å². The molecular formula is C10H12ClF2NO3S. The molecule has 0 bridgehead atoms. The summed E-state index contributed by atoms with van der Waals surface area (Å²) in [6.07, 6.45) is -5.05. The number of rotatable bonds is 5. The first-order chi connectivity index (χ1) is 8.24. The van der Waals surface area contributed by atoms with Gasteiger partial charge in [-0.05, 0) is 24.6 Å². The van der Waals surface area contributed by atoms with E-state index >= 15 is 0 Å². The molecule has 1 atom stereocenters. The summed E-state index contributed by atoms with van der Waals surface area (Å²) in [5.74, 6) is 0. The molecule has 4 nitrogen and oxygen atoms in total. The van der Waals surface area contributed by atoms with Crippen LogP contribution >= 0.6 is 11.6 Å². The molecule has 0 fully saturated rings. The molecule has 18 heavy (non-hydrogen) atoms. The SMILES string of the molecule is Cc1ccc(Cl)cc1S(=O)(=O)NCC(O)C(F)F. The van der Waals surface area contributed by atoms with E-state index < -0.39 is 29.1 Å². The van der Waals surface area contributed by atoms with E-state index in [-0.39, 0.29) is 9.92 Å². The number of sulfonamides is 1. The highest BCUT2D eigenvalue weighted by Gasteiger charge is 2.22. The maximum absolute atomic E-state index is 12.0. The second kappa shape index (κ2) is 5.92. The monoisotopic (exact) mass is 299 g/mol. The minimum Gasteiger partial charge on any atom is -0.386 e. The Morgan fingerprint density at radius 2 is 2.06 bits per heavy atom. The maximum Gasteiger partial charge on any atom is 0.265 e. The summed E-state index contributed by atoms with van der Waals surface area (Å²) in [5, 5.41) is 9.08. The molecule has 0 aliphatic heterocycles. The fourth-order valence-electron chi connectivity index (χ4n) is 1.23. The predicted octanol–water partition coefficient (Wildman–Crippen LogP) is 1.55. The second-order valence-electron chi connectivity index (χ2n) is 3.66. The van der Waals surface area contributed by atoms with Crippen molar-refractivity contribution in [2.75, 3.05) is 6.54 Å². The summed E-state index contributed by atoms with van der Waals surface area (Å²) >= 11 is 5.67. The van der Waals surface area contributed by atoms with Crippen molar-refractivity contribution in [3.63, 3.8) is 0 Å². The molecule has 0 heterocycles. The summed E-state index contributed by atoms with van der Waals surface area (Å²) in [4.78, 5) is -0.100. The number of halogens is 3. The Hall–Kier alpha value is -0.760. The van der Waals surface area contributed by atoms with Crippen molar-refractivity contribution < 1.29 is 22.3 Å². The molecule has 0 aliphatic rings. The number of hydrogen-bond donors (Lipinski definition) is 2. The van der Waals surface area contributed by atoms with Gasteiger partial charge in [0.25, 0.3) is 6.43 Å². The van der Waals surface area contributed by atoms with Gasteiger partial charge < -0.3 is 5.11 Å².